The third kappa shape index (κ3) is 4.66. The molecule has 106 valence electrons. The van der Waals surface area contributed by atoms with Crippen LogP contribution < -0.4 is 15.2 Å². The van der Waals surface area contributed by atoms with Gasteiger partial charge in [0.25, 0.3) is 0 Å². The largest absolute Gasteiger partial charge is 0.490 e. The zero-order chi connectivity index (χ0) is 14.5. The predicted molar refractivity (Wildman–Crippen MR) is 59.0 cm³/mol. The molecule has 8 heteroatoms. The second kappa shape index (κ2) is 6.28. The van der Waals surface area contributed by atoms with Crippen LogP contribution in [0.4, 0.5) is 18.0 Å². The van der Waals surface area contributed by atoms with Crippen LogP contribution in [0.3, 0.4) is 0 Å². The van der Waals surface area contributed by atoms with Crippen LogP contribution in [0.1, 0.15) is 5.56 Å². The van der Waals surface area contributed by atoms with E-state index in [0.717, 1.165) is 18.2 Å². The molecule has 2 N–H and O–H groups in total. The Morgan fingerprint density at radius 3 is 2.53 bits per heavy atom. The van der Waals surface area contributed by atoms with Gasteiger partial charge in [0.15, 0.2) is 0 Å². The summed E-state index contributed by atoms with van der Waals surface area (Å²) in [5.41, 5.74) is 3.80. The van der Waals surface area contributed by atoms with Gasteiger partial charge in [0.05, 0.1) is 12.2 Å². The van der Waals surface area contributed by atoms with E-state index in [-0.39, 0.29) is 19.0 Å². The van der Waals surface area contributed by atoms with Gasteiger partial charge in [-0.3, -0.25) is 0 Å². The number of hydrogen-bond donors (Lipinski definition) is 1. The van der Waals surface area contributed by atoms with Crippen molar-refractivity contribution in [3.8, 4) is 11.5 Å². The van der Waals surface area contributed by atoms with Gasteiger partial charge in [0.1, 0.15) is 18.1 Å². The summed E-state index contributed by atoms with van der Waals surface area (Å²) in [5.74, 6) is -0.587. The first-order valence-electron chi connectivity index (χ1n) is 5.15. The van der Waals surface area contributed by atoms with E-state index in [0.29, 0.717) is 0 Å². The Balaban J connectivity index is 3.00. The van der Waals surface area contributed by atoms with Crippen molar-refractivity contribution in [2.75, 3.05) is 20.3 Å². The first-order valence-corrected chi connectivity index (χ1v) is 5.15. The van der Waals surface area contributed by atoms with E-state index in [9.17, 15) is 18.0 Å². The standard InChI is InChI=1S/C11H12F3NO4/c1-17-4-5-18-9-6-7(19-10(15)16)2-3-8(9)11(12,13)14/h2-3,6H,4-5H2,1H3,(H2,15,16). The Bertz CT molecular complexity index is 448. The highest BCUT2D eigenvalue weighted by atomic mass is 19.4. The average Bonchev–Trinajstić information content (AvgIpc) is 2.27. The lowest BCUT2D eigenvalue weighted by Gasteiger charge is -2.14. The third-order valence-corrected chi connectivity index (χ3v) is 2.02. The van der Waals surface area contributed by atoms with Crippen LogP contribution >= 0.6 is 0 Å². The minimum absolute atomic E-state index is 0.0698. The maximum Gasteiger partial charge on any atom is 0.419 e. The number of benzene rings is 1. The number of alkyl halides is 3. The zero-order valence-corrected chi connectivity index (χ0v) is 9.99. The summed E-state index contributed by atoms with van der Waals surface area (Å²) in [6, 6.07) is 2.68. The monoisotopic (exact) mass is 279 g/mol. The number of carbonyl (C=O) groups excluding carboxylic acids is 1. The molecule has 0 bridgehead atoms. The van der Waals surface area contributed by atoms with Crippen LogP contribution in [-0.4, -0.2) is 26.4 Å². The maximum atomic E-state index is 12.7. The van der Waals surface area contributed by atoms with E-state index < -0.39 is 23.6 Å². The molecule has 0 aromatic heterocycles. The molecule has 1 rings (SSSR count). The van der Waals surface area contributed by atoms with Gasteiger partial charge < -0.3 is 19.9 Å². The number of nitrogens with two attached hydrogens (primary N) is 1. The highest BCUT2D eigenvalue weighted by Crippen LogP contribution is 2.38. The van der Waals surface area contributed by atoms with Crippen LogP contribution in [0, 0.1) is 0 Å². The molecule has 0 atom stereocenters. The molecular weight excluding hydrogens is 267 g/mol. The Hall–Kier alpha value is -1.96. The first kappa shape index (κ1) is 15.1. The molecule has 0 heterocycles. The summed E-state index contributed by atoms with van der Waals surface area (Å²) in [7, 11) is 1.39. The van der Waals surface area contributed by atoms with Crippen molar-refractivity contribution in [2.24, 2.45) is 5.73 Å². The number of carbonyl (C=O) groups is 1. The van der Waals surface area contributed by atoms with Gasteiger partial charge in [-0.2, -0.15) is 13.2 Å². The Kier molecular flexibility index (Phi) is 4.99. The van der Waals surface area contributed by atoms with Crippen molar-refractivity contribution in [3.05, 3.63) is 23.8 Å². The molecule has 5 nitrogen and oxygen atoms in total. The van der Waals surface area contributed by atoms with Crippen LogP contribution in [-0.2, 0) is 10.9 Å². The molecular formula is C11H12F3NO4. The number of rotatable bonds is 5. The van der Waals surface area contributed by atoms with Gasteiger partial charge in [-0.05, 0) is 12.1 Å². The molecule has 0 fully saturated rings. The summed E-state index contributed by atoms with van der Waals surface area (Å²) in [4.78, 5) is 10.5. The first-order chi connectivity index (χ1) is 8.84. The van der Waals surface area contributed by atoms with Gasteiger partial charge >= 0.3 is 12.3 Å². The highest BCUT2D eigenvalue weighted by Gasteiger charge is 2.34. The number of amides is 1. The van der Waals surface area contributed by atoms with Gasteiger partial charge in [-0.1, -0.05) is 0 Å². The molecule has 1 aromatic rings. The van der Waals surface area contributed by atoms with E-state index in [4.69, 9.17) is 10.5 Å². The average molecular weight is 279 g/mol. The zero-order valence-electron chi connectivity index (χ0n) is 9.99. The molecule has 0 radical (unpaired) electrons. The summed E-state index contributed by atoms with van der Waals surface area (Å²) in [6.45, 7) is 0.0534. The molecule has 0 saturated heterocycles. The van der Waals surface area contributed by atoms with E-state index >= 15 is 0 Å². The normalized spacial score (nSPS) is 11.2. The molecule has 0 aliphatic rings. The van der Waals surface area contributed by atoms with E-state index in [1.807, 2.05) is 0 Å². The van der Waals surface area contributed by atoms with Crippen molar-refractivity contribution in [2.45, 2.75) is 6.18 Å². The maximum absolute atomic E-state index is 12.7. The number of methoxy groups -OCH3 is 1. The highest BCUT2D eigenvalue weighted by molar-refractivity contribution is 5.68. The lowest BCUT2D eigenvalue weighted by molar-refractivity contribution is -0.139. The number of hydrogen-bond acceptors (Lipinski definition) is 4. The molecule has 1 aromatic carbocycles. The molecule has 0 unspecified atom stereocenters. The fourth-order valence-electron chi connectivity index (χ4n) is 1.27. The fourth-order valence-corrected chi connectivity index (χ4v) is 1.27. The van der Waals surface area contributed by atoms with E-state index in [1.54, 1.807) is 0 Å². The predicted octanol–water partition coefficient (Wildman–Crippen LogP) is 2.19. The molecule has 19 heavy (non-hydrogen) atoms. The Morgan fingerprint density at radius 2 is 2.00 bits per heavy atom. The Morgan fingerprint density at radius 1 is 1.32 bits per heavy atom. The van der Waals surface area contributed by atoms with Crippen molar-refractivity contribution in [1.82, 2.24) is 0 Å². The second-order valence-corrected chi connectivity index (χ2v) is 3.42. The summed E-state index contributed by atoms with van der Waals surface area (Å²) in [5, 5.41) is 0. The van der Waals surface area contributed by atoms with Crippen LogP contribution in [0.5, 0.6) is 11.5 Å². The number of primary amides is 1. The molecule has 0 spiro atoms. The van der Waals surface area contributed by atoms with Gasteiger partial charge in [0, 0.05) is 13.2 Å². The molecule has 0 saturated carbocycles. The number of halogens is 3. The van der Waals surface area contributed by atoms with Gasteiger partial charge in [-0.25, -0.2) is 4.79 Å². The minimum Gasteiger partial charge on any atom is -0.490 e. The van der Waals surface area contributed by atoms with Crippen molar-refractivity contribution < 1.29 is 32.2 Å². The van der Waals surface area contributed by atoms with Crippen LogP contribution in [0.2, 0.25) is 0 Å². The van der Waals surface area contributed by atoms with Gasteiger partial charge in [-0.15, -0.1) is 0 Å². The topological polar surface area (TPSA) is 70.8 Å². The van der Waals surface area contributed by atoms with Crippen LogP contribution in [0.15, 0.2) is 18.2 Å². The summed E-state index contributed by atoms with van der Waals surface area (Å²) < 4.78 is 52.2. The SMILES string of the molecule is COCCOc1cc(OC(N)=O)ccc1C(F)(F)F. The van der Waals surface area contributed by atoms with Gasteiger partial charge in [0.2, 0.25) is 0 Å². The fraction of sp³-hybridized carbons (Fsp3) is 0.364. The van der Waals surface area contributed by atoms with Crippen molar-refractivity contribution >= 4 is 6.09 Å². The summed E-state index contributed by atoms with van der Waals surface area (Å²) in [6.07, 6.45) is -5.70. The minimum atomic E-state index is -4.58. The van der Waals surface area contributed by atoms with Crippen molar-refractivity contribution in [1.29, 1.82) is 0 Å². The number of ether oxygens (including phenoxy) is 3. The molecule has 0 aliphatic carbocycles. The quantitative estimate of drug-likeness (QED) is 0.839. The van der Waals surface area contributed by atoms with E-state index in [1.165, 1.54) is 7.11 Å². The second-order valence-electron chi connectivity index (χ2n) is 3.42. The molecule has 0 aliphatic heterocycles. The Labute approximate surface area is 107 Å². The van der Waals surface area contributed by atoms with Crippen molar-refractivity contribution in [3.63, 3.8) is 0 Å². The smallest absolute Gasteiger partial charge is 0.419 e. The third-order valence-electron chi connectivity index (χ3n) is 2.02. The van der Waals surface area contributed by atoms with E-state index in [2.05, 4.69) is 9.47 Å². The lowest BCUT2D eigenvalue weighted by atomic mass is 10.2. The van der Waals surface area contributed by atoms with Crippen LogP contribution in [0.25, 0.3) is 0 Å². The molecule has 1 amide bonds. The lowest BCUT2D eigenvalue weighted by Crippen LogP contribution is -2.17. The summed E-state index contributed by atoms with van der Waals surface area (Å²) >= 11 is 0.